The van der Waals surface area contributed by atoms with E-state index in [0.717, 1.165) is 0 Å². The number of benzene rings is 2. The van der Waals surface area contributed by atoms with Crippen molar-refractivity contribution in [3.05, 3.63) is 53.1 Å². The lowest BCUT2D eigenvalue weighted by Gasteiger charge is -2.15. The van der Waals surface area contributed by atoms with Gasteiger partial charge in [0, 0.05) is 11.1 Å². The van der Waals surface area contributed by atoms with E-state index < -0.39 is 12.1 Å². The van der Waals surface area contributed by atoms with Crippen LogP contribution >= 0.6 is 11.6 Å². The Kier molecular flexibility index (Phi) is 5.45. The summed E-state index contributed by atoms with van der Waals surface area (Å²) in [7, 11) is 1.43. The Morgan fingerprint density at radius 3 is 2.48 bits per heavy atom. The molecule has 0 radical (unpaired) electrons. The lowest BCUT2D eigenvalue weighted by atomic mass is 10.2. The molecule has 1 atom stereocenters. The van der Waals surface area contributed by atoms with Crippen LogP contribution in [0, 0.1) is 11.3 Å². The zero-order valence-corrected chi connectivity index (χ0v) is 13.3. The molecule has 0 aliphatic rings. The van der Waals surface area contributed by atoms with Crippen molar-refractivity contribution in [2.24, 2.45) is 0 Å². The van der Waals surface area contributed by atoms with Crippen LogP contribution < -0.4 is 14.2 Å². The van der Waals surface area contributed by atoms with Gasteiger partial charge in [-0.25, -0.2) is 4.79 Å². The number of rotatable bonds is 5. The molecule has 0 aliphatic carbocycles. The molecule has 0 aromatic heterocycles. The van der Waals surface area contributed by atoms with Gasteiger partial charge in [-0.3, -0.25) is 0 Å². The van der Waals surface area contributed by atoms with E-state index >= 15 is 0 Å². The largest absolute Gasteiger partial charge is 0.493 e. The molecule has 2 aromatic rings. The molecule has 6 heteroatoms. The van der Waals surface area contributed by atoms with Crippen molar-refractivity contribution >= 4 is 17.6 Å². The molecule has 0 heterocycles. The van der Waals surface area contributed by atoms with E-state index in [1.54, 1.807) is 31.2 Å². The number of ether oxygens (including phenoxy) is 3. The van der Waals surface area contributed by atoms with Gasteiger partial charge in [0.1, 0.15) is 5.75 Å². The topological polar surface area (TPSA) is 68.5 Å². The van der Waals surface area contributed by atoms with Gasteiger partial charge in [-0.15, -0.1) is 0 Å². The Balaban J connectivity index is 2.06. The molecule has 0 bridgehead atoms. The summed E-state index contributed by atoms with van der Waals surface area (Å²) in [6.45, 7) is 1.58. The smallest absolute Gasteiger partial charge is 0.352 e. The molecule has 2 aromatic carbocycles. The Labute approximate surface area is 139 Å². The predicted molar refractivity (Wildman–Crippen MR) is 84.9 cm³/mol. The number of esters is 1. The number of hydrogen-bond acceptors (Lipinski definition) is 5. The zero-order valence-electron chi connectivity index (χ0n) is 12.6. The van der Waals surface area contributed by atoms with Crippen LogP contribution in [0.2, 0.25) is 5.02 Å². The zero-order chi connectivity index (χ0) is 16.8. The van der Waals surface area contributed by atoms with Crippen molar-refractivity contribution in [3.8, 4) is 23.3 Å². The lowest BCUT2D eigenvalue weighted by Crippen LogP contribution is -2.28. The molecular formula is C17H14ClNO4. The number of carbonyl (C=O) groups excluding carboxylic acids is 1. The molecule has 118 valence electrons. The maximum absolute atomic E-state index is 12.1. The fourth-order valence-corrected chi connectivity index (χ4v) is 1.90. The van der Waals surface area contributed by atoms with Gasteiger partial charge in [0.15, 0.2) is 17.6 Å². The second-order valence-electron chi connectivity index (χ2n) is 4.61. The molecular weight excluding hydrogens is 318 g/mol. The monoisotopic (exact) mass is 331 g/mol. The molecule has 0 aliphatic heterocycles. The van der Waals surface area contributed by atoms with Crippen LogP contribution in [0.25, 0.3) is 0 Å². The first-order valence-corrected chi connectivity index (χ1v) is 7.13. The number of hydrogen-bond donors (Lipinski definition) is 0. The summed E-state index contributed by atoms with van der Waals surface area (Å²) in [5.41, 5.74) is 0.409. The predicted octanol–water partition coefficient (Wildman–Crippen LogP) is 3.59. The highest BCUT2D eigenvalue weighted by atomic mass is 35.5. The van der Waals surface area contributed by atoms with Gasteiger partial charge in [0.25, 0.3) is 0 Å². The van der Waals surface area contributed by atoms with Crippen molar-refractivity contribution in [3.63, 3.8) is 0 Å². The summed E-state index contributed by atoms with van der Waals surface area (Å²) in [6, 6.07) is 13.2. The molecule has 1 unspecified atom stereocenters. The van der Waals surface area contributed by atoms with Crippen molar-refractivity contribution in [2.45, 2.75) is 13.0 Å². The van der Waals surface area contributed by atoms with Gasteiger partial charge in [-0.1, -0.05) is 11.6 Å². The van der Waals surface area contributed by atoms with Gasteiger partial charge in [0.2, 0.25) is 0 Å². The van der Waals surface area contributed by atoms with Crippen molar-refractivity contribution in [1.29, 1.82) is 5.26 Å². The van der Waals surface area contributed by atoms with Crippen LogP contribution in [0.3, 0.4) is 0 Å². The molecule has 0 N–H and O–H groups in total. The van der Waals surface area contributed by atoms with Crippen LogP contribution in [0.5, 0.6) is 17.2 Å². The van der Waals surface area contributed by atoms with E-state index in [1.165, 1.54) is 25.3 Å². The van der Waals surface area contributed by atoms with E-state index in [1.807, 2.05) is 6.07 Å². The number of methoxy groups -OCH3 is 1. The van der Waals surface area contributed by atoms with E-state index in [2.05, 4.69) is 0 Å². The Morgan fingerprint density at radius 2 is 1.87 bits per heavy atom. The van der Waals surface area contributed by atoms with E-state index in [9.17, 15) is 4.79 Å². The standard InChI is InChI=1S/C17H14ClNO4/c1-11(22-14-6-4-13(18)5-7-14)17(20)23-15-8-3-12(10-19)9-16(15)21-2/h3-9,11H,1-2H3. The normalized spacial score (nSPS) is 11.2. The van der Waals surface area contributed by atoms with Crippen molar-refractivity contribution < 1.29 is 19.0 Å². The summed E-state index contributed by atoms with van der Waals surface area (Å²) in [4.78, 5) is 12.1. The third-order valence-corrected chi connectivity index (χ3v) is 3.21. The van der Waals surface area contributed by atoms with E-state index in [0.29, 0.717) is 22.1 Å². The van der Waals surface area contributed by atoms with Crippen LogP contribution in [-0.4, -0.2) is 19.2 Å². The summed E-state index contributed by atoms with van der Waals surface area (Å²) in [6.07, 6.45) is -0.823. The highest BCUT2D eigenvalue weighted by molar-refractivity contribution is 6.30. The first kappa shape index (κ1) is 16.7. The number of halogens is 1. The second-order valence-corrected chi connectivity index (χ2v) is 5.05. The first-order chi connectivity index (χ1) is 11.0. The molecule has 0 spiro atoms. The average molecular weight is 332 g/mol. The average Bonchev–Trinajstić information content (AvgIpc) is 2.57. The number of nitriles is 1. The maximum atomic E-state index is 12.1. The minimum atomic E-state index is -0.823. The summed E-state index contributed by atoms with van der Waals surface area (Å²) >= 11 is 5.79. The fourth-order valence-electron chi connectivity index (χ4n) is 1.78. The Hall–Kier alpha value is -2.71. The quantitative estimate of drug-likeness (QED) is 0.618. The van der Waals surface area contributed by atoms with Gasteiger partial charge in [-0.05, 0) is 43.3 Å². The second kappa shape index (κ2) is 7.52. The molecule has 0 saturated heterocycles. The number of nitrogens with zero attached hydrogens (tertiary/aromatic N) is 1. The van der Waals surface area contributed by atoms with Crippen molar-refractivity contribution in [2.75, 3.05) is 7.11 Å². The highest BCUT2D eigenvalue weighted by Gasteiger charge is 2.19. The Morgan fingerprint density at radius 1 is 1.17 bits per heavy atom. The SMILES string of the molecule is COc1cc(C#N)ccc1OC(=O)C(C)Oc1ccc(Cl)cc1. The van der Waals surface area contributed by atoms with Crippen LogP contribution in [0.4, 0.5) is 0 Å². The molecule has 5 nitrogen and oxygen atoms in total. The molecule has 0 fully saturated rings. The third kappa shape index (κ3) is 4.38. The van der Waals surface area contributed by atoms with E-state index in [4.69, 9.17) is 31.1 Å². The van der Waals surface area contributed by atoms with Gasteiger partial charge < -0.3 is 14.2 Å². The Bertz CT molecular complexity index is 737. The third-order valence-electron chi connectivity index (χ3n) is 2.96. The summed E-state index contributed by atoms with van der Waals surface area (Å²) in [5, 5.41) is 9.44. The van der Waals surface area contributed by atoms with Gasteiger partial charge in [-0.2, -0.15) is 5.26 Å². The van der Waals surface area contributed by atoms with Crippen molar-refractivity contribution in [1.82, 2.24) is 0 Å². The summed E-state index contributed by atoms with van der Waals surface area (Å²) < 4.78 is 15.9. The minimum absolute atomic E-state index is 0.225. The molecule has 23 heavy (non-hydrogen) atoms. The fraction of sp³-hybridized carbons (Fsp3) is 0.176. The highest BCUT2D eigenvalue weighted by Crippen LogP contribution is 2.28. The molecule has 0 saturated carbocycles. The maximum Gasteiger partial charge on any atom is 0.352 e. The molecule has 0 amide bonds. The van der Waals surface area contributed by atoms with Crippen LogP contribution in [0.15, 0.2) is 42.5 Å². The first-order valence-electron chi connectivity index (χ1n) is 6.75. The van der Waals surface area contributed by atoms with Crippen LogP contribution in [-0.2, 0) is 4.79 Å². The van der Waals surface area contributed by atoms with Gasteiger partial charge in [0.05, 0.1) is 18.7 Å². The van der Waals surface area contributed by atoms with E-state index in [-0.39, 0.29) is 5.75 Å². The number of carbonyl (C=O) groups is 1. The molecule has 2 rings (SSSR count). The lowest BCUT2D eigenvalue weighted by molar-refractivity contribution is -0.141. The van der Waals surface area contributed by atoms with Crippen LogP contribution in [0.1, 0.15) is 12.5 Å². The van der Waals surface area contributed by atoms with Gasteiger partial charge >= 0.3 is 5.97 Å². The minimum Gasteiger partial charge on any atom is -0.493 e. The summed E-state index contributed by atoms with van der Waals surface area (Å²) in [5.74, 6) is 0.452.